The number of carbonyl (C=O) groups excluding carboxylic acids is 1. The number of hydrogen-bond acceptors (Lipinski definition) is 3. The summed E-state index contributed by atoms with van der Waals surface area (Å²) < 4.78 is 5.75. The molecule has 0 amide bonds. The van der Waals surface area contributed by atoms with Gasteiger partial charge in [-0.05, 0) is 64.7 Å². The molecule has 0 aromatic heterocycles. The average molecular weight is 348 g/mol. The van der Waals surface area contributed by atoms with Crippen molar-refractivity contribution < 1.29 is 9.53 Å². The first-order valence-corrected chi connectivity index (χ1v) is 7.48. The van der Waals surface area contributed by atoms with E-state index in [1.807, 2.05) is 12.1 Å². The highest BCUT2D eigenvalue weighted by Gasteiger charge is 2.06. The Bertz CT molecular complexity index is 627. The molecule has 0 heterocycles. The summed E-state index contributed by atoms with van der Waals surface area (Å²) in [5.74, 6) is -0.313. The van der Waals surface area contributed by atoms with Crippen molar-refractivity contribution in [3.8, 4) is 0 Å². The third-order valence-corrected chi connectivity index (χ3v) is 3.90. The SMILES string of the molecule is COC(=O)c1ccc(CNc2c(C)cc(C)cc2Br)cc1. The van der Waals surface area contributed by atoms with Crippen LogP contribution in [0.5, 0.6) is 0 Å². The fraction of sp³-hybridized carbons (Fsp3) is 0.235. The van der Waals surface area contributed by atoms with Crippen molar-refractivity contribution in [3.63, 3.8) is 0 Å². The lowest BCUT2D eigenvalue weighted by Gasteiger charge is -2.13. The molecule has 0 spiro atoms. The van der Waals surface area contributed by atoms with Crippen LogP contribution in [0.2, 0.25) is 0 Å². The van der Waals surface area contributed by atoms with Crippen LogP contribution in [0.1, 0.15) is 27.0 Å². The molecule has 2 aromatic rings. The highest BCUT2D eigenvalue weighted by Crippen LogP contribution is 2.28. The fourth-order valence-corrected chi connectivity index (χ4v) is 3.02. The fourth-order valence-electron chi connectivity index (χ4n) is 2.21. The molecule has 0 radical (unpaired) electrons. The summed E-state index contributed by atoms with van der Waals surface area (Å²) in [4.78, 5) is 11.4. The molecule has 2 aromatic carbocycles. The Labute approximate surface area is 133 Å². The van der Waals surface area contributed by atoms with Crippen LogP contribution in [-0.2, 0) is 11.3 Å². The number of rotatable bonds is 4. The number of esters is 1. The van der Waals surface area contributed by atoms with Crippen molar-refractivity contribution in [1.82, 2.24) is 0 Å². The standard InChI is InChI=1S/C17H18BrNO2/c1-11-8-12(2)16(15(18)9-11)19-10-13-4-6-14(7-5-13)17(20)21-3/h4-9,19H,10H2,1-3H3. The Morgan fingerprint density at radius 1 is 1.19 bits per heavy atom. The monoisotopic (exact) mass is 347 g/mol. The topological polar surface area (TPSA) is 38.3 Å². The number of carbonyl (C=O) groups is 1. The van der Waals surface area contributed by atoms with E-state index in [2.05, 4.69) is 52.0 Å². The number of aryl methyl sites for hydroxylation is 2. The number of benzene rings is 2. The minimum atomic E-state index is -0.313. The van der Waals surface area contributed by atoms with E-state index in [1.165, 1.54) is 18.2 Å². The van der Waals surface area contributed by atoms with Gasteiger partial charge in [0.25, 0.3) is 0 Å². The molecule has 1 N–H and O–H groups in total. The van der Waals surface area contributed by atoms with E-state index in [9.17, 15) is 4.79 Å². The normalized spacial score (nSPS) is 10.3. The van der Waals surface area contributed by atoms with Crippen LogP contribution in [0.3, 0.4) is 0 Å². The van der Waals surface area contributed by atoms with E-state index in [1.54, 1.807) is 12.1 Å². The highest BCUT2D eigenvalue weighted by molar-refractivity contribution is 9.10. The lowest BCUT2D eigenvalue weighted by Crippen LogP contribution is -2.04. The lowest BCUT2D eigenvalue weighted by atomic mass is 10.1. The summed E-state index contributed by atoms with van der Waals surface area (Å²) >= 11 is 3.59. The molecule has 21 heavy (non-hydrogen) atoms. The van der Waals surface area contributed by atoms with Crippen LogP contribution in [0, 0.1) is 13.8 Å². The van der Waals surface area contributed by atoms with Gasteiger partial charge in [-0.3, -0.25) is 0 Å². The molecule has 0 aliphatic carbocycles. The summed E-state index contributed by atoms with van der Waals surface area (Å²) in [6, 6.07) is 11.6. The number of methoxy groups -OCH3 is 1. The number of hydrogen-bond donors (Lipinski definition) is 1. The Hall–Kier alpha value is -1.81. The Balaban J connectivity index is 2.08. The third-order valence-electron chi connectivity index (χ3n) is 3.28. The van der Waals surface area contributed by atoms with Gasteiger partial charge in [0.1, 0.15) is 0 Å². The van der Waals surface area contributed by atoms with Gasteiger partial charge in [0.05, 0.1) is 18.4 Å². The molecule has 0 saturated heterocycles. The van der Waals surface area contributed by atoms with E-state index >= 15 is 0 Å². The summed E-state index contributed by atoms with van der Waals surface area (Å²) in [5.41, 5.74) is 5.20. The first-order valence-electron chi connectivity index (χ1n) is 6.69. The van der Waals surface area contributed by atoms with Crippen LogP contribution in [0.4, 0.5) is 5.69 Å². The van der Waals surface area contributed by atoms with E-state index in [0.717, 1.165) is 15.7 Å². The van der Waals surface area contributed by atoms with Crippen LogP contribution in [0.25, 0.3) is 0 Å². The molecule has 0 atom stereocenters. The van der Waals surface area contributed by atoms with Crippen molar-refractivity contribution in [2.24, 2.45) is 0 Å². The van der Waals surface area contributed by atoms with Crippen molar-refractivity contribution >= 4 is 27.6 Å². The highest BCUT2D eigenvalue weighted by atomic mass is 79.9. The van der Waals surface area contributed by atoms with Crippen LogP contribution >= 0.6 is 15.9 Å². The van der Waals surface area contributed by atoms with Gasteiger partial charge >= 0.3 is 5.97 Å². The van der Waals surface area contributed by atoms with Crippen molar-refractivity contribution in [2.75, 3.05) is 12.4 Å². The summed E-state index contributed by atoms with van der Waals surface area (Å²) in [6.45, 7) is 4.86. The van der Waals surface area contributed by atoms with E-state index in [0.29, 0.717) is 12.1 Å². The molecule has 3 nitrogen and oxygen atoms in total. The van der Waals surface area contributed by atoms with Crippen molar-refractivity contribution in [2.45, 2.75) is 20.4 Å². The molecule has 0 fully saturated rings. The molecule has 110 valence electrons. The molecule has 0 aliphatic heterocycles. The first kappa shape index (κ1) is 15.6. The second-order valence-electron chi connectivity index (χ2n) is 4.98. The van der Waals surface area contributed by atoms with E-state index < -0.39 is 0 Å². The molecular formula is C17H18BrNO2. The van der Waals surface area contributed by atoms with Gasteiger partial charge in [0.15, 0.2) is 0 Å². The van der Waals surface area contributed by atoms with Crippen molar-refractivity contribution in [1.29, 1.82) is 0 Å². The molecule has 4 heteroatoms. The third kappa shape index (κ3) is 3.85. The maximum Gasteiger partial charge on any atom is 0.337 e. The van der Waals surface area contributed by atoms with Gasteiger partial charge in [-0.2, -0.15) is 0 Å². The average Bonchev–Trinajstić information content (AvgIpc) is 2.46. The first-order chi connectivity index (χ1) is 10.0. The van der Waals surface area contributed by atoms with E-state index in [4.69, 9.17) is 0 Å². The number of ether oxygens (including phenoxy) is 1. The van der Waals surface area contributed by atoms with Gasteiger partial charge in [-0.1, -0.05) is 18.2 Å². The zero-order valence-electron chi connectivity index (χ0n) is 12.4. The molecular weight excluding hydrogens is 330 g/mol. The van der Waals surface area contributed by atoms with Crippen LogP contribution in [-0.4, -0.2) is 13.1 Å². The van der Waals surface area contributed by atoms with Crippen LogP contribution < -0.4 is 5.32 Å². The van der Waals surface area contributed by atoms with Gasteiger partial charge in [0.2, 0.25) is 0 Å². The minimum Gasteiger partial charge on any atom is -0.465 e. The lowest BCUT2D eigenvalue weighted by molar-refractivity contribution is 0.0600. The Kier molecular flexibility index (Phi) is 5.02. The minimum absolute atomic E-state index is 0.313. The number of nitrogens with one attached hydrogen (secondary N) is 1. The predicted octanol–water partition coefficient (Wildman–Crippen LogP) is 4.46. The molecule has 2 rings (SSSR count). The smallest absolute Gasteiger partial charge is 0.337 e. The number of anilines is 1. The zero-order valence-corrected chi connectivity index (χ0v) is 14.0. The summed E-state index contributed by atoms with van der Waals surface area (Å²) in [5, 5.41) is 3.42. The maximum atomic E-state index is 11.4. The van der Waals surface area contributed by atoms with Gasteiger partial charge in [-0.15, -0.1) is 0 Å². The summed E-state index contributed by atoms with van der Waals surface area (Å²) in [7, 11) is 1.38. The second kappa shape index (κ2) is 6.76. The molecule has 0 unspecified atom stereocenters. The molecule has 0 saturated carbocycles. The zero-order chi connectivity index (χ0) is 15.4. The van der Waals surface area contributed by atoms with Gasteiger partial charge < -0.3 is 10.1 Å². The quantitative estimate of drug-likeness (QED) is 0.829. The predicted molar refractivity (Wildman–Crippen MR) is 88.7 cm³/mol. The Morgan fingerprint density at radius 3 is 2.43 bits per heavy atom. The van der Waals surface area contributed by atoms with E-state index in [-0.39, 0.29) is 5.97 Å². The molecule has 0 aliphatic rings. The van der Waals surface area contributed by atoms with Gasteiger partial charge in [-0.25, -0.2) is 4.79 Å². The second-order valence-corrected chi connectivity index (χ2v) is 5.84. The number of halogens is 1. The van der Waals surface area contributed by atoms with Crippen LogP contribution in [0.15, 0.2) is 40.9 Å². The summed E-state index contributed by atoms with van der Waals surface area (Å²) in [6.07, 6.45) is 0. The van der Waals surface area contributed by atoms with Crippen molar-refractivity contribution in [3.05, 3.63) is 63.1 Å². The van der Waals surface area contributed by atoms with Gasteiger partial charge in [0, 0.05) is 11.0 Å². The Morgan fingerprint density at radius 2 is 1.86 bits per heavy atom. The maximum absolute atomic E-state index is 11.4. The molecule has 0 bridgehead atoms. The largest absolute Gasteiger partial charge is 0.465 e.